The molecule has 2 aromatic carbocycles. The topological polar surface area (TPSA) is 67.5 Å². The predicted octanol–water partition coefficient (Wildman–Crippen LogP) is 2.95. The number of rotatable bonds is 8. The van der Waals surface area contributed by atoms with Gasteiger partial charge >= 0.3 is 6.18 Å². The van der Waals surface area contributed by atoms with E-state index in [-0.39, 0.29) is 19.7 Å². The monoisotopic (exact) mass is 368 g/mol. The third-order valence-electron chi connectivity index (χ3n) is 4.04. The van der Waals surface area contributed by atoms with Crippen molar-refractivity contribution in [3.05, 3.63) is 65.7 Å². The van der Waals surface area contributed by atoms with E-state index in [0.29, 0.717) is 11.3 Å². The highest BCUT2D eigenvalue weighted by Gasteiger charge is 2.31. The Hall–Kier alpha value is -2.09. The molecule has 0 radical (unpaired) electrons. The van der Waals surface area contributed by atoms with Crippen molar-refractivity contribution < 1.29 is 23.0 Å². The summed E-state index contributed by atoms with van der Waals surface area (Å²) >= 11 is 0. The Bertz CT molecular complexity index is 691. The molecule has 2 aromatic rings. The largest absolute Gasteiger partial charge is 0.492 e. The van der Waals surface area contributed by atoms with E-state index in [2.05, 4.69) is 5.32 Å². The first-order chi connectivity index (χ1) is 12.2. The van der Waals surface area contributed by atoms with Crippen molar-refractivity contribution in [1.29, 1.82) is 0 Å². The van der Waals surface area contributed by atoms with Crippen molar-refractivity contribution >= 4 is 0 Å². The molecule has 4 N–H and O–H groups in total. The second kappa shape index (κ2) is 8.53. The van der Waals surface area contributed by atoms with Crippen molar-refractivity contribution in [2.75, 3.05) is 13.2 Å². The number of hydrogen-bond donors (Lipinski definition) is 3. The number of halogens is 3. The zero-order valence-corrected chi connectivity index (χ0v) is 14.5. The third-order valence-corrected chi connectivity index (χ3v) is 4.04. The lowest BCUT2D eigenvalue weighted by Crippen LogP contribution is -2.54. The maximum atomic E-state index is 12.7. The van der Waals surface area contributed by atoms with Crippen LogP contribution >= 0.6 is 0 Å². The Morgan fingerprint density at radius 2 is 1.81 bits per heavy atom. The molecule has 0 spiro atoms. The fourth-order valence-corrected chi connectivity index (χ4v) is 2.33. The smallest absolute Gasteiger partial charge is 0.416 e. The summed E-state index contributed by atoms with van der Waals surface area (Å²) in [7, 11) is 0. The SMILES string of the molecule is CC(O)(CNCc1cccc(C(F)(F)F)c1)[C@@H](N)COc1ccccc1. The molecule has 1 unspecified atom stereocenters. The molecule has 0 heterocycles. The third kappa shape index (κ3) is 6.01. The number of alkyl halides is 3. The summed E-state index contributed by atoms with van der Waals surface area (Å²) in [5.74, 6) is 0.649. The van der Waals surface area contributed by atoms with Gasteiger partial charge in [-0.25, -0.2) is 0 Å². The number of ether oxygens (including phenoxy) is 1. The molecule has 0 aromatic heterocycles. The lowest BCUT2D eigenvalue weighted by Gasteiger charge is -2.30. The average Bonchev–Trinajstić information content (AvgIpc) is 2.60. The molecule has 4 nitrogen and oxygen atoms in total. The van der Waals surface area contributed by atoms with Crippen LogP contribution in [0.5, 0.6) is 5.75 Å². The van der Waals surface area contributed by atoms with Crippen LogP contribution in [0.1, 0.15) is 18.1 Å². The lowest BCUT2D eigenvalue weighted by atomic mass is 9.97. The van der Waals surface area contributed by atoms with Crippen LogP contribution in [0, 0.1) is 0 Å². The molecule has 0 bridgehead atoms. The Morgan fingerprint density at radius 1 is 1.12 bits per heavy atom. The van der Waals surface area contributed by atoms with Gasteiger partial charge in [0.2, 0.25) is 0 Å². The Balaban J connectivity index is 1.83. The maximum absolute atomic E-state index is 12.7. The molecule has 0 saturated heterocycles. The summed E-state index contributed by atoms with van der Waals surface area (Å²) in [5, 5.41) is 13.4. The van der Waals surface area contributed by atoms with Gasteiger partial charge in [-0.2, -0.15) is 13.2 Å². The highest BCUT2D eigenvalue weighted by Crippen LogP contribution is 2.29. The molecule has 0 aliphatic heterocycles. The number of aliphatic hydroxyl groups is 1. The van der Waals surface area contributed by atoms with Gasteiger partial charge in [-0.1, -0.05) is 36.4 Å². The van der Waals surface area contributed by atoms with E-state index in [9.17, 15) is 18.3 Å². The normalized spacial score (nSPS) is 15.3. The van der Waals surface area contributed by atoms with E-state index in [0.717, 1.165) is 12.1 Å². The molecular weight excluding hydrogens is 345 g/mol. The number of hydrogen-bond acceptors (Lipinski definition) is 4. The van der Waals surface area contributed by atoms with Crippen LogP contribution in [0.25, 0.3) is 0 Å². The van der Waals surface area contributed by atoms with Crippen molar-refractivity contribution in [1.82, 2.24) is 5.32 Å². The minimum atomic E-state index is -4.38. The van der Waals surface area contributed by atoms with Gasteiger partial charge in [0.25, 0.3) is 0 Å². The molecule has 7 heteroatoms. The van der Waals surface area contributed by atoms with Crippen LogP contribution in [0.3, 0.4) is 0 Å². The summed E-state index contributed by atoms with van der Waals surface area (Å²) in [6.07, 6.45) is -4.38. The number of benzene rings is 2. The molecule has 2 atom stereocenters. The minimum Gasteiger partial charge on any atom is -0.492 e. The summed E-state index contributed by atoms with van der Waals surface area (Å²) in [6, 6.07) is 13.5. The van der Waals surface area contributed by atoms with Crippen molar-refractivity contribution in [2.24, 2.45) is 5.73 Å². The summed E-state index contributed by atoms with van der Waals surface area (Å²) in [4.78, 5) is 0. The first-order valence-corrected chi connectivity index (χ1v) is 8.21. The summed E-state index contributed by atoms with van der Waals surface area (Å²) in [5.41, 5.74) is 4.49. The Kier molecular flexibility index (Phi) is 6.63. The van der Waals surface area contributed by atoms with Crippen LogP contribution in [0.2, 0.25) is 0 Å². The zero-order chi connectivity index (χ0) is 19.2. The van der Waals surface area contributed by atoms with E-state index in [1.165, 1.54) is 6.07 Å². The quantitative estimate of drug-likeness (QED) is 0.670. The molecule has 2 rings (SSSR count). The minimum absolute atomic E-state index is 0.113. The van der Waals surface area contributed by atoms with Gasteiger partial charge in [-0.15, -0.1) is 0 Å². The standard InChI is InChI=1S/C19H23F3N2O2/c1-18(25,17(23)12-26-16-8-3-2-4-9-16)13-24-11-14-6-5-7-15(10-14)19(20,21)22/h2-10,17,24-25H,11-13,23H2,1H3/t17-,18?/m0/s1. The molecule has 142 valence electrons. The van der Waals surface area contributed by atoms with Gasteiger partial charge < -0.3 is 20.9 Å². The van der Waals surface area contributed by atoms with Crippen molar-refractivity contribution in [3.63, 3.8) is 0 Å². The number of nitrogens with two attached hydrogens (primary N) is 1. The molecule has 0 amide bonds. The second-order valence-electron chi connectivity index (χ2n) is 6.39. The molecule has 26 heavy (non-hydrogen) atoms. The van der Waals surface area contributed by atoms with Crippen LogP contribution in [-0.2, 0) is 12.7 Å². The lowest BCUT2D eigenvalue weighted by molar-refractivity contribution is -0.137. The highest BCUT2D eigenvalue weighted by molar-refractivity contribution is 5.25. The van der Waals surface area contributed by atoms with Crippen molar-refractivity contribution in [2.45, 2.75) is 31.3 Å². The fraction of sp³-hybridized carbons (Fsp3) is 0.368. The predicted molar refractivity (Wildman–Crippen MR) is 93.7 cm³/mol. The second-order valence-corrected chi connectivity index (χ2v) is 6.39. The molecular formula is C19H23F3N2O2. The maximum Gasteiger partial charge on any atom is 0.416 e. The van der Waals surface area contributed by atoms with Crippen molar-refractivity contribution in [3.8, 4) is 5.75 Å². The van der Waals surface area contributed by atoms with Gasteiger partial charge in [0, 0.05) is 13.1 Å². The van der Waals surface area contributed by atoms with Crippen LogP contribution in [0.15, 0.2) is 54.6 Å². The first kappa shape index (κ1) is 20.2. The van der Waals surface area contributed by atoms with E-state index in [4.69, 9.17) is 10.5 Å². The number of para-hydroxylation sites is 1. The first-order valence-electron chi connectivity index (χ1n) is 8.21. The van der Waals surface area contributed by atoms with Gasteiger partial charge in [0.1, 0.15) is 12.4 Å². The van der Waals surface area contributed by atoms with Crippen LogP contribution < -0.4 is 15.8 Å². The van der Waals surface area contributed by atoms with Gasteiger partial charge in [-0.3, -0.25) is 0 Å². The molecule has 0 saturated carbocycles. The Morgan fingerprint density at radius 3 is 2.46 bits per heavy atom. The Labute approximate surface area is 150 Å². The molecule has 0 aliphatic rings. The van der Waals surface area contributed by atoms with E-state index in [1.807, 2.05) is 18.2 Å². The molecule has 0 aliphatic carbocycles. The van der Waals surface area contributed by atoms with Gasteiger partial charge in [-0.05, 0) is 30.7 Å². The summed E-state index contributed by atoms with van der Waals surface area (Å²) < 4.78 is 43.7. The summed E-state index contributed by atoms with van der Waals surface area (Å²) in [6.45, 7) is 1.97. The zero-order valence-electron chi connectivity index (χ0n) is 14.5. The van der Waals surface area contributed by atoms with Gasteiger partial charge in [0.15, 0.2) is 0 Å². The van der Waals surface area contributed by atoms with Gasteiger partial charge in [0.05, 0.1) is 17.2 Å². The van der Waals surface area contributed by atoms with E-state index < -0.39 is 23.4 Å². The van der Waals surface area contributed by atoms with E-state index >= 15 is 0 Å². The van der Waals surface area contributed by atoms with E-state index in [1.54, 1.807) is 25.1 Å². The molecule has 0 fully saturated rings. The van der Waals surface area contributed by atoms with Crippen LogP contribution in [0.4, 0.5) is 13.2 Å². The highest BCUT2D eigenvalue weighted by atomic mass is 19.4. The number of nitrogens with one attached hydrogen (secondary N) is 1. The fourth-order valence-electron chi connectivity index (χ4n) is 2.33. The van der Waals surface area contributed by atoms with Crippen LogP contribution in [-0.4, -0.2) is 29.9 Å². The average molecular weight is 368 g/mol.